The highest BCUT2D eigenvalue weighted by Crippen LogP contribution is 2.02. The van der Waals surface area contributed by atoms with Crippen molar-refractivity contribution in [1.82, 2.24) is 19.9 Å². The van der Waals surface area contributed by atoms with E-state index < -0.39 is 0 Å². The number of hydrogen-bond donors (Lipinski definition) is 1. The first kappa shape index (κ1) is 13.7. The van der Waals surface area contributed by atoms with E-state index in [-0.39, 0.29) is 0 Å². The third kappa shape index (κ3) is 4.83. The molecule has 0 amide bonds. The van der Waals surface area contributed by atoms with Crippen LogP contribution < -0.4 is 5.32 Å². The van der Waals surface area contributed by atoms with Crippen LogP contribution >= 0.6 is 0 Å². The van der Waals surface area contributed by atoms with Crippen LogP contribution in [0.5, 0.6) is 0 Å². The molecule has 0 aromatic carbocycles. The molecular formula is C15H22N4. The zero-order valence-electron chi connectivity index (χ0n) is 11.5. The van der Waals surface area contributed by atoms with Crippen LogP contribution in [0, 0.1) is 0 Å². The van der Waals surface area contributed by atoms with Gasteiger partial charge in [-0.25, -0.2) is 4.98 Å². The van der Waals surface area contributed by atoms with E-state index in [0.29, 0.717) is 0 Å². The Bertz CT molecular complexity index is 464. The summed E-state index contributed by atoms with van der Waals surface area (Å²) in [6.45, 7) is 5.23. The van der Waals surface area contributed by atoms with Crippen molar-refractivity contribution >= 4 is 0 Å². The first-order valence-corrected chi connectivity index (χ1v) is 6.98. The van der Waals surface area contributed by atoms with Crippen molar-refractivity contribution < 1.29 is 0 Å². The first-order valence-electron chi connectivity index (χ1n) is 6.98. The first-order chi connectivity index (χ1) is 9.38. The molecule has 2 heterocycles. The van der Waals surface area contributed by atoms with Crippen LogP contribution in [0.1, 0.15) is 24.6 Å². The molecule has 0 aliphatic carbocycles. The van der Waals surface area contributed by atoms with Crippen molar-refractivity contribution in [3.8, 4) is 0 Å². The van der Waals surface area contributed by atoms with E-state index in [0.717, 1.165) is 38.2 Å². The summed E-state index contributed by atoms with van der Waals surface area (Å²) in [6.07, 6.45) is 11.0. The minimum atomic E-state index is 0.959. The third-order valence-corrected chi connectivity index (χ3v) is 3.05. The molecule has 1 N–H and O–H groups in total. The Morgan fingerprint density at radius 1 is 1.26 bits per heavy atom. The van der Waals surface area contributed by atoms with Gasteiger partial charge in [0, 0.05) is 38.1 Å². The van der Waals surface area contributed by atoms with Gasteiger partial charge in [-0.3, -0.25) is 4.98 Å². The molecule has 2 aromatic heterocycles. The number of imidazole rings is 1. The largest absolute Gasteiger partial charge is 0.337 e. The van der Waals surface area contributed by atoms with Crippen molar-refractivity contribution in [3.05, 3.63) is 48.3 Å². The maximum Gasteiger partial charge on any atom is 0.0949 e. The molecule has 4 nitrogen and oxygen atoms in total. The normalized spacial score (nSPS) is 10.8. The van der Waals surface area contributed by atoms with Crippen molar-refractivity contribution in [3.63, 3.8) is 0 Å². The second-order valence-electron chi connectivity index (χ2n) is 4.71. The molecule has 2 rings (SSSR count). The summed E-state index contributed by atoms with van der Waals surface area (Å²) < 4.78 is 2.15. The van der Waals surface area contributed by atoms with Crippen molar-refractivity contribution in [2.75, 3.05) is 13.1 Å². The highest BCUT2D eigenvalue weighted by atomic mass is 15.0. The van der Waals surface area contributed by atoms with Crippen LogP contribution in [0.25, 0.3) is 0 Å². The Kier molecular flexibility index (Phi) is 5.56. The minimum absolute atomic E-state index is 0.959. The number of nitrogens with one attached hydrogen (secondary N) is 1. The second-order valence-corrected chi connectivity index (χ2v) is 4.71. The van der Waals surface area contributed by atoms with Crippen molar-refractivity contribution in [1.29, 1.82) is 0 Å². The highest BCUT2D eigenvalue weighted by Gasteiger charge is 1.99. The summed E-state index contributed by atoms with van der Waals surface area (Å²) in [5, 5.41) is 3.39. The van der Waals surface area contributed by atoms with E-state index in [1.807, 2.05) is 24.8 Å². The van der Waals surface area contributed by atoms with Crippen LogP contribution in [0.2, 0.25) is 0 Å². The molecule has 0 unspecified atom stereocenters. The predicted octanol–water partition coefficient (Wildman–Crippen LogP) is 2.06. The number of aryl methyl sites for hydroxylation is 2. The molecule has 0 radical (unpaired) electrons. The summed E-state index contributed by atoms with van der Waals surface area (Å²) in [4.78, 5) is 8.56. The molecule has 0 bridgehead atoms. The summed E-state index contributed by atoms with van der Waals surface area (Å²) in [5.41, 5.74) is 2.43. The smallest absolute Gasteiger partial charge is 0.0949 e. The Hall–Kier alpha value is -1.68. The van der Waals surface area contributed by atoms with E-state index in [9.17, 15) is 0 Å². The monoisotopic (exact) mass is 258 g/mol. The van der Waals surface area contributed by atoms with Gasteiger partial charge in [-0.2, -0.15) is 0 Å². The molecule has 0 saturated carbocycles. The maximum absolute atomic E-state index is 4.43. The van der Waals surface area contributed by atoms with Crippen LogP contribution in [0.3, 0.4) is 0 Å². The second kappa shape index (κ2) is 7.69. The van der Waals surface area contributed by atoms with Gasteiger partial charge in [-0.15, -0.1) is 0 Å². The lowest BCUT2D eigenvalue weighted by Gasteiger charge is -2.02. The molecule has 0 atom stereocenters. The van der Waals surface area contributed by atoms with Gasteiger partial charge in [0.2, 0.25) is 0 Å². The lowest BCUT2D eigenvalue weighted by molar-refractivity contribution is 0.664. The molecule has 2 aromatic rings. The fourth-order valence-corrected chi connectivity index (χ4v) is 1.98. The Morgan fingerprint density at radius 2 is 2.21 bits per heavy atom. The highest BCUT2D eigenvalue weighted by molar-refractivity contribution is 5.08. The summed E-state index contributed by atoms with van der Waals surface area (Å²) >= 11 is 0. The number of hydrogen-bond acceptors (Lipinski definition) is 3. The Balaban J connectivity index is 1.74. The van der Waals surface area contributed by atoms with Gasteiger partial charge in [-0.1, -0.05) is 13.0 Å². The van der Waals surface area contributed by atoms with Gasteiger partial charge in [0.05, 0.1) is 12.0 Å². The van der Waals surface area contributed by atoms with E-state index in [2.05, 4.69) is 39.0 Å². The molecule has 0 saturated heterocycles. The summed E-state index contributed by atoms with van der Waals surface area (Å²) in [5.74, 6) is 0. The standard InChI is InChI=1S/C15H22N4/c1-2-7-16-9-5-15-12-19(13-18-15)10-6-14-4-3-8-17-11-14/h3-4,8,11-13,16H,2,5-7,9-10H2,1H3. The Morgan fingerprint density at radius 3 is 3.00 bits per heavy atom. The number of aromatic nitrogens is 3. The van der Waals surface area contributed by atoms with Gasteiger partial charge in [-0.05, 0) is 31.0 Å². The van der Waals surface area contributed by atoms with E-state index >= 15 is 0 Å². The minimum Gasteiger partial charge on any atom is -0.337 e. The molecule has 0 fully saturated rings. The maximum atomic E-state index is 4.43. The van der Waals surface area contributed by atoms with Crippen molar-refractivity contribution in [2.45, 2.75) is 32.7 Å². The summed E-state index contributed by atoms with van der Waals surface area (Å²) in [6, 6.07) is 4.09. The zero-order chi connectivity index (χ0) is 13.3. The fraction of sp³-hybridized carbons (Fsp3) is 0.467. The van der Waals surface area contributed by atoms with Crippen LogP contribution in [0.4, 0.5) is 0 Å². The van der Waals surface area contributed by atoms with Crippen molar-refractivity contribution in [2.24, 2.45) is 0 Å². The van der Waals surface area contributed by atoms with Gasteiger partial charge in [0.15, 0.2) is 0 Å². The number of nitrogens with zero attached hydrogens (tertiary/aromatic N) is 3. The zero-order valence-corrected chi connectivity index (χ0v) is 11.5. The lowest BCUT2D eigenvalue weighted by Crippen LogP contribution is -2.17. The molecule has 0 aliphatic heterocycles. The van der Waals surface area contributed by atoms with Gasteiger partial charge in [0.25, 0.3) is 0 Å². The van der Waals surface area contributed by atoms with Crippen LogP contribution in [-0.2, 0) is 19.4 Å². The Labute approximate surface area is 114 Å². The molecule has 19 heavy (non-hydrogen) atoms. The fourth-order valence-electron chi connectivity index (χ4n) is 1.98. The molecular weight excluding hydrogens is 236 g/mol. The quantitative estimate of drug-likeness (QED) is 0.737. The lowest BCUT2D eigenvalue weighted by atomic mass is 10.2. The van der Waals surface area contributed by atoms with E-state index in [4.69, 9.17) is 0 Å². The SMILES string of the molecule is CCCNCCc1cn(CCc2cccnc2)cn1. The van der Waals surface area contributed by atoms with Gasteiger partial charge >= 0.3 is 0 Å². The molecule has 0 aliphatic rings. The van der Waals surface area contributed by atoms with E-state index in [1.54, 1.807) is 0 Å². The number of rotatable bonds is 8. The third-order valence-electron chi connectivity index (χ3n) is 3.05. The van der Waals surface area contributed by atoms with Crippen LogP contribution in [0.15, 0.2) is 37.1 Å². The van der Waals surface area contributed by atoms with E-state index in [1.165, 1.54) is 12.0 Å². The topological polar surface area (TPSA) is 42.7 Å². The number of pyridine rings is 1. The van der Waals surface area contributed by atoms with Crippen LogP contribution in [-0.4, -0.2) is 27.6 Å². The average Bonchev–Trinajstić information content (AvgIpc) is 2.91. The molecule has 102 valence electrons. The molecule has 4 heteroatoms. The van der Waals surface area contributed by atoms with Gasteiger partial charge in [0.1, 0.15) is 0 Å². The van der Waals surface area contributed by atoms with Gasteiger partial charge < -0.3 is 9.88 Å². The molecule has 0 spiro atoms. The average molecular weight is 258 g/mol. The summed E-state index contributed by atoms with van der Waals surface area (Å²) in [7, 11) is 0. The predicted molar refractivity (Wildman–Crippen MR) is 77.0 cm³/mol.